The molecule has 10 rings (SSSR count). The molecule has 0 saturated carbocycles. The number of para-hydroxylation sites is 1. The van der Waals surface area contributed by atoms with Crippen LogP contribution in [-0.4, -0.2) is 118 Å². The molecule has 2 fully saturated rings. The van der Waals surface area contributed by atoms with Crippen molar-refractivity contribution in [3.8, 4) is 23.1 Å². The van der Waals surface area contributed by atoms with Crippen molar-refractivity contribution in [1.82, 2.24) is 28.7 Å². The summed E-state index contributed by atoms with van der Waals surface area (Å²) in [6.07, 6.45) is 4.66. The van der Waals surface area contributed by atoms with Crippen LogP contribution < -0.4 is 9.64 Å². The number of likely N-dealkylation sites (tertiary alicyclic amines) is 1. The number of amides is 3. The molecule has 73 heavy (non-hydrogen) atoms. The molecule has 6 heterocycles. The number of piperidine rings is 1. The zero-order valence-corrected chi connectivity index (χ0v) is 42.5. The Morgan fingerprint density at radius 3 is 2.26 bits per heavy atom. The maximum absolute atomic E-state index is 15.8. The fraction of sp³-hybridized carbons (Fsp3) is 0.390. The predicted molar refractivity (Wildman–Crippen MR) is 279 cm³/mol. The quantitative estimate of drug-likeness (QED) is 0.113. The van der Waals surface area contributed by atoms with Gasteiger partial charge in [-0.3, -0.25) is 24.2 Å². The van der Waals surface area contributed by atoms with E-state index in [0.717, 1.165) is 92.3 Å². The SMILES string of the molecule is Cc1c(N(C(=O)c2cc(-c3cc4c(cc3C(=O)N3Cc5ccccc5C[C@H]3CN3CCCCC3)CN(C(=O)Cc3ccc(OCCN5CCOCC5)cc3F)CC4)n(C)c2C)c2ccccc2)cc(C#N)n1C. The maximum Gasteiger partial charge on any atom is 0.264 e. The Hall–Kier alpha value is -7.05. The minimum absolute atomic E-state index is 0.0713. The second-order valence-electron chi connectivity index (χ2n) is 20.1. The number of halogens is 1. The van der Waals surface area contributed by atoms with Gasteiger partial charge in [0.05, 0.1) is 30.9 Å². The van der Waals surface area contributed by atoms with Crippen LogP contribution in [-0.2, 0) is 56.0 Å². The highest BCUT2D eigenvalue weighted by molar-refractivity contribution is 6.13. The summed E-state index contributed by atoms with van der Waals surface area (Å²) in [6, 6.07) is 32.5. The fourth-order valence-electron chi connectivity index (χ4n) is 11.2. The fourth-order valence-corrected chi connectivity index (χ4v) is 11.2. The summed E-state index contributed by atoms with van der Waals surface area (Å²) in [5.41, 5.74) is 10.2. The lowest BCUT2D eigenvalue weighted by molar-refractivity contribution is -0.131. The predicted octanol–water partition coefficient (Wildman–Crippen LogP) is 8.53. The van der Waals surface area contributed by atoms with Gasteiger partial charge in [0.15, 0.2) is 0 Å². The molecule has 0 aliphatic carbocycles. The minimum Gasteiger partial charge on any atom is -0.492 e. The van der Waals surface area contributed by atoms with Crippen LogP contribution in [0.4, 0.5) is 15.8 Å². The van der Waals surface area contributed by atoms with E-state index < -0.39 is 5.82 Å². The average molecular weight is 985 g/mol. The van der Waals surface area contributed by atoms with E-state index in [-0.39, 0.29) is 36.7 Å². The van der Waals surface area contributed by atoms with Crippen LogP contribution in [0.2, 0.25) is 0 Å². The number of hydrogen-bond donors (Lipinski definition) is 0. The molecule has 3 amide bonds. The van der Waals surface area contributed by atoms with E-state index in [1.54, 1.807) is 32.6 Å². The molecular formula is C59H65FN8O5. The van der Waals surface area contributed by atoms with Crippen LogP contribution in [0.5, 0.6) is 5.75 Å². The Bertz CT molecular complexity index is 3070. The normalized spacial score (nSPS) is 17.2. The number of carbonyl (C=O) groups excluding carboxylic acids is 3. The number of carbonyl (C=O) groups is 3. The van der Waals surface area contributed by atoms with Gasteiger partial charge in [0, 0.05) is 106 Å². The molecule has 0 unspecified atom stereocenters. The highest BCUT2D eigenvalue weighted by Gasteiger charge is 2.36. The van der Waals surface area contributed by atoms with E-state index in [4.69, 9.17) is 9.47 Å². The second-order valence-corrected chi connectivity index (χ2v) is 20.1. The Kier molecular flexibility index (Phi) is 14.6. The van der Waals surface area contributed by atoms with E-state index in [1.807, 2.05) is 81.0 Å². The van der Waals surface area contributed by atoms with Crippen molar-refractivity contribution in [3.63, 3.8) is 0 Å². The molecule has 378 valence electrons. The van der Waals surface area contributed by atoms with E-state index in [0.29, 0.717) is 84.4 Å². The summed E-state index contributed by atoms with van der Waals surface area (Å²) in [5.74, 6) is -0.621. The molecular weight excluding hydrogens is 920 g/mol. The lowest BCUT2D eigenvalue weighted by Crippen LogP contribution is -2.51. The molecule has 1 atom stereocenters. The van der Waals surface area contributed by atoms with Gasteiger partial charge in [0.2, 0.25) is 5.91 Å². The first-order valence-corrected chi connectivity index (χ1v) is 25.8. The minimum atomic E-state index is -0.484. The molecule has 0 N–H and O–H groups in total. The molecule has 0 spiro atoms. The molecule has 4 aromatic carbocycles. The Morgan fingerprint density at radius 2 is 1.52 bits per heavy atom. The molecule has 6 aromatic rings. The second kappa shape index (κ2) is 21.6. The van der Waals surface area contributed by atoms with Gasteiger partial charge in [0.25, 0.3) is 11.8 Å². The first-order chi connectivity index (χ1) is 35.4. The summed E-state index contributed by atoms with van der Waals surface area (Å²) in [4.78, 5) is 55.3. The van der Waals surface area contributed by atoms with Gasteiger partial charge in [0.1, 0.15) is 29.9 Å². The van der Waals surface area contributed by atoms with Gasteiger partial charge >= 0.3 is 0 Å². The summed E-state index contributed by atoms with van der Waals surface area (Å²) >= 11 is 0. The molecule has 13 nitrogen and oxygen atoms in total. The summed E-state index contributed by atoms with van der Waals surface area (Å²) < 4.78 is 30.7. The Balaban J connectivity index is 0.989. The highest BCUT2D eigenvalue weighted by Crippen LogP contribution is 2.38. The van der Waals surface area contributed by atoms with E-state index in [9.17, 15) is 10.1 Å². The largest absolute Gasteiger partial charge is 0.492 e. The lowest BCUT2D eigenvalue weighted by atomic mass is 9.89. The van der Waals surface area contributed by atoms with Crippen molar-refractivity contribution >= 4 is 29.1 Å². The number of hydrogen-bond acceptors (Lipinski definition) is 8. The summed E-state index contributed by atoms with van der Waals surface area (Å²) in [5, 5.41) is 9.99. The number of benzene rings is 4. The number of anilines is 2. The number of morpholine rings is 1. The van der Waals surface area contributed by atoms with Crippen molar-refractivity contribution in [2.45, 2.75) is 71.5 Å². The van der Waals surface area contributed by atoms with Crippen LogP contribution >= 0.6 is 0 Å². The third-order valence-corrected chi connectivity index (χ3v) is 15.7. The van der Waals surface area contributed by atoms with Gasteiger partial charge in [-0.15, -0.1) is 0 Å². The topological polar surface area (TPSA) is 120 Å². The van der Waals surface area contributed by atoms with Crippen molar-refractivity contribution in [2.75, 3.05) is 70.5 Å². The monoisotopic (exact) mass is 985 g/mol. The molecule has 4 aliphatic rings. The van der Waals surface area contributed by atoms with Crippen LogP contribution in [0.1, 0.15) is 84.9 Å². The third kappa shape index (κ3) is 10.3. The van der Waals surface area contributed by atoms with Gasteiger partial charge in [-0.05, 0) is 123 Å². The van der Waals surface area contributed by atoms with Gasteiger partial charge < -0.3 is 33.3 Å². The number of aromatic nitrogens is 2. The van der Waals surface area contributed by atoms with Crippen LogP contribution in [0.3, 0.4) is 0 Å². The van der Waals surface area contributed by atoms with Gasteiger partial charge in [-0.25, -0.2) is 4.39 Å². The molecule has 2 saturated heterocycles. The number of rotatable bonds is 13. The maximum atomic E-state index is 15.8. The van der Waals surface area contributed by atoms with Crippen LogP contribution in [0.15, 0.2) is 97.1 Å². The number of nitrogens with zero attached hydrogens (tertiary/aromatic N) is 8. The smallest absolute Gasteiger partial charge is 0.264 e. The summed E-state index contributed by atoms with van der Waals surface area (Å²) in [7, 11) is 3.76. The first-order valence-electron chi connectivity index (χ1n) is 25.8. The first kappa shape index (κ1) is 49.5. The van der Waals surface area contributed by atoms with Crippen LogP contribution in [0.25, 0.3) is 11.3 Å². The van der Waals surface area contributed by atoms with Gasteiger partial charge in [-0.1, -0.05) is 55.0 Å². The number of ether oxygens (including phenoxy) is 2. The van der Waals surface area contributed by atoms with Crippen molar-refractivity contribution < 1.29 is 28.2 Å². The molecule has 4 aliphatic heterocycles. The number of fused-ring (bicyclic) bond motifs is 2. The zero-order valence-electron chi connectivity index (χ0n) is 42.5. The van der Waals surface area contributed by atoms with Gasteiger partial charge in [-0.2, -0.15) is 5.26 Å². The average Bonchev–Trinajstić information content (AvgIpc) is 3.87. The Morgan fingerprint density at radius 1 is 0.767 bits per heavy atom. The van der Waals surface area contributed by atoms with Crippen molar-refractivity contribution in [3.05, 3.63) is 159 Å². The molecule has 2 aromatic heterocycles. The number of nitriles is 1. The Labute approximate surface area is 427 Å². The highest BCUT2D eigenvalue weighted by atomic mass is 19.1. The van der Waals surface area contributed by atoms with E-state index in [1.165, 1.54) is 18.1 Å². The molecule has 0 radical (unpaired) electrons. The third-order valence-electron chi connectivity index (χ3n) is 15.7. The summed E-state index contributed by atoms with van der Waals surface area (Å²) in [6.45, 7) is 12.0. The molecule has 14 heteroatoms. The standard InChI is InChI=1S/C59H65FN8O5/c1-40-51(59(71)68(47-15-7-5-8-16-47)55-33-48(36-61)62(3)41(55)2)35-56(63(40)4)52-30-43-19-22-66(57(69)32-44-17-18-50(34-54(44)60)73-28-25-64-23-26-72-27-24-64)37-46(43)31-53(52)58(70)67-38-45-14-10-9-13-42(45)29-49(67)39-65-20-11-6-12-21-65/h5,7-10,13-18,30-31,33-35,49H,6,11-12,19-29,32,37-39H2,1-4H3/t49-/m0/s1. The molecule has 0 bridgehead atoms. The zero-order chi connectivity index (χ0) is 50.8. The van der Waals surface area contributed by atoms with Crippen molar-refractivity contribution in [1.29, 1.82) is 5.26 Å². The van der Waals surface area contributed by atoms with E-state index in [2.05, 4.69) is 45.0 Å². The van der Waals surface area contributed by atoms with Crippen molar-refractivity contribution in [2.24, 2.45) is 14.1 Å². The van der Waals surface area contributed by atoms with E-state index >= 15 is 14.0 Å². The lowest BCUT2D eigenvalue weighted by Gasteiger charge is -2.41. The van der Waals surface area contributed by atoms with Crippen LogP contribution in [0, 0.1) is 31.0 Å².